The molecule has 0 amide bonds. The van der Waals surface area contributed by atoms with Crippen molar-refractivity contribution in [1.29, 1.82) is 0 Å². The van der Waals surface area contributed by atoms with Crippen molar-refractivity contribution in [3.63, 3.8) is 0 Å². The van der Waals surface area contributed by atoms with Gasteiger partial charge >= 0.3 is 0 Å². The Bertz CT molecular complexity index is 428. The summed E-state index contributed by atoms with van der Waals surface area (Å²) in [7, 11) is 0. The lowest BCUT2D eigenvalue weighted by Gasteiger charge is -2.26. The van der Waals surface area contributed by atoms with Crippen molar-refractivity contribution in [2.75, 3.05) is 0 Å². The summed E-state index contributed by atoms with van der Waals surface area (Å²) in [5.74, 6) is 0.871. The molecule has 1 fully saturated rings. The first kappa shape index (κ1) is 11.9. The third kappa shape index (κ3) is 2.98. The summed E-state index contributed by atoms with van der Waals surface area (Å²) in [6.45, 7) is 8.94. The Morgan fingerprint density at radius 1 is 1.29 bits per heavy atom. The summed E-state index contributed by atoms with van der Waals surface area (Å²) in [6, 6.07) is 6.00. The minimum Gasteiger partial charge on any atom is -0.491 e. The molecule has 17 heavy (non-hydrogen) atoms. The molecule has 2 N–H and O–H groups in total. The average molecular weight is 230 g/mol. The number of benzene rings is 1. The number of hydrogen-bond donors (Lipinski definition) is 1. The molecule has 0 unspecified atom stereocenters. The topological polar surface area (TPSA) is 39.6 Å². The average Bonchev–Trinajstić information content (AvgIpc) is 2.32. The van der Waals surface area contributed by atoms with Gasteiger partial charge in [-0.25, -0.2) is 4.85 Å². The number of rotatable bonds is 2. The van der Waals surface area contributed by atoms with E-state index < -0.39 is 0 Å². The van der Waals surface area contributed by atoms with Crippen LogP contribution in [0.2, 0.25) is 0 Å². The standard InChI is InChI=1S/C14H18N2O/c1-10-9-13(7-8-14(10)16-2)17-12-5-3-11(15)4-6-12/h7-9,11-12H,3-6,15H2,1H3. The predicted octanol–water partition coefficient (Wildman–Crippen LogP) is 3.19. The summed E-state index contributed by atoms with van der Waals surface area (Å²) >= 11 is 0. The molecular formula is C14H18N2O. The Balaban J connectivity index is 2.00. The highest BCUT2D eigenvalue weighted by atomic mass is 16.5. The Morgan fingerprint density at radius 2 is 2.00 bits per heavy atom. The van der Waals surface area contributed by atoms with Crippen LogP contribution in [0, 0.1) is 13.5 Å². The fraction of sp³-hybridized carbons (Fsp3) is 0.500. The molecule has 1 aromatic rings. The number of aryl methyl sites for hydroxylation is 1. The molecule has 0 radical (unpaired) electrons. The van der Waals surface area contributed by atoms with E-state index in [1.807, 2.05) is 25.1 Å². The molecule has 2 rings (SSSR count). The maximum Gasteiger partial charge on any atom is 0.190 e. The summed E-state index contributed by atoms with van der Waals surface area (Å²) in [4.78, 5) is 3.45. The van der Waals surface area contributed by atoms with E-state index in [0.717, 1.165) is 37.0 Å². The maximum absolute atomic E-state index is 7.00. The summed E-state index contributed by atoms with van der Waals surface area (Å²) in [6.07, 6.45) is 4.44. The van der Waals surface area contributed by atoms with E-state index in [-0.39, 0.29) is 6.10 Å². The number of nitrogens with two attached hydrogens (primary N) is 1. The molecule has 3 nitrogen and oxygen atoms in total. The van der Waals surface area contributed by atoms with Crippen LogP contribution in [0.5, 0.6) is 5.75 Å². The van der Waals surface area contributed by atoms with Crippen LogP contribution in [-0.2, 0) is 0 Å². The van der Waals surface area contributed by atoms with Crippen molar-refractivity contribution < 1.29 is 4.74 Å². The van der Waals surface area contributed by atoms with Gasteiger partial charge in [-0.3, -0.25) is 0 Å². The Morgan fingerprint density at radius 3 is 2.59 bits per heavy atom. The second-order valence-electron chi connectivity index (χ2n) is 4.71. The summed E-state index contributed by atoms with van der Waals surface area (Å²) in [5.41, 5.74) is 7.54. The zero-order valence-electron chi connectivity index (χ0n) is 10.1. The zero-order valence-corrected chi connectivity index (χ0v) is 10.1. The molecule has 90 valence electrons. The number of ether oxygens (including phenoxy) is 1. The van der Waals surface area contributed by atoms with Crippen molar-refractivity contribution in [3.05, 3.63) is 35.2 Å². The third-order valence-corrected chi connectivity index (χ3v) is 3.31. The highest BCUT2D eigenvalue weighted by Gasteiger charge is 2.19. The first-order valence-corrected chi connectivity index (χ1v) is 6.09. The smallest absolute Gasteiger partial charge is 0.190 e. The molecule has 1 aliphatic carbocycles. The lowest BCUT2D eigenvalue weighted by Crippen LogP contribution is -2.31. The van der Waals surface area contributed by atoms with Gasteiger partial charge in [-0.15, -0.1) is 0 Å². The molecule has 1 aromatic carbocycles. The minimum absolute atomic E-state index is 0.285. The van der Waals surface area contributed by atoms with Crippen LogP contribution in [-0.4, -0.2) is 12.1 Å². The highest BCUT2D eigenvalue weighted by molar-refractivity contribution is 5.54. The lowest BCUT2D eigenvalue weighted by molar-refractivity contribution is 0.147. The molecule has 3 heteroatoms. The van der Waals surface area contributed by atoms with Crippen molar-refractivity contribution in [1.82, 2.24) is 0 Å². The van der Waals surface area contributed by atoms with Crippen molar-refractivity contribution in [2.24, 2.45) is 5.73 Å². The molecule has 0 heterocycles. The van der Waals surface area contributed by atoms with E-state index in [2.05, 4.69) is 4.85 Å². The molecule has 0 atom stereocenters. The summed E-state index contributed by atoms with van der Waals surface area (Å²) in [5, 5.41) is 0. The Hall–Kier alpha value is -1.53. The highest BCUT2D eigenvalue weighted by Crippen LogP contribution is 2.27. The monoisotopic (exact) mass is 230 g/mol. The second-order valence-corrected chi connectivity index (χ2v) is 4.71. The molecule has 1 saturated carbocycles. The van der Waals surface area contributed by atoms with Gasteiger partial charge in [-0.05, 0) is 50.3 Å². The molecule has 1 aliphatic rings. The van der Waals surface area contributed by atoms with Gasteiger partial charge in [0.25, 0.3) is 0 Å². The second kappa shape index (κ2) is 5.20. The quantitative estimate of drug-likeness (QED) is 0.792. The van der Waals surface area contributed by atoms with Crippen LogP contribution in [0.25, 0.3) is 4.85 Å². The molecule has 0 aromatic heterocycles. The van der Waals surface area contributed by atoms with Crippen LogP contribution < -0.4 is 10.5 Å². The van der Waals surface area contributed by atoms with Crippen LogP contribution in [0.1, 0.15) is 31.2 Å². The van der Waals surface area contributed by atoms with Gasteiger partial charge in [0.1, 0.15) is 5.75 Å². The van der Waals surface area contributed by atoms with E-state index in [1.54, 1.807) is 0 Å². The fourth-order valence-electron chi connectivity index (χ4n) is 2.23. The Labute approximate surface area is 102 Å². The van der Waals surface area contributed by atoms with Gasteiger partial charge in [-0.1, -0.05) is 6.07 Å². The number of hydrogen-bond acceptors (Lipinski definition) is 2. The zero-order chi connectivity index (χ0) is 12.3. The fourth-order valence-corrected chi connectivity index (χ4v) is 2.23. The van der Waals surface area contributed by atoms with Crippen LogP contribution in [0.4, 0.5) is 5.69 Å². The van der Waals surface area contributed by atoms with Crippen LogP contribution >= 0.6 is 0 Å². The van der Waals surface area contributed by atoms with Gasteiger partial charge in [0.15, 0.2) is 5.69 Å². The van der Waals surface area contributed by atoms with E-state index in [4.69, 9.17) is 17.0 Å². The third-order valence-electron chi connectivity index (χ3n) is 3.31. The van der Waals surface area contributed by atoms with E-state index in [9.17, 15) is 0 Å². The molecular weight excluding hydrogens is 212 g/mol. The van der Waals surface area contributed by atoms with E-state index >= 15 is 0 Å². The van der Waals surface area contributed by atoms with Crippen LogP contribution in [0.3, 0.4) is 0 Å². The van der Waals surface area contributed by atoms with Crippen molar-refractivity contribution in [3.8, 4) is 5.75 Å². The van der Waals surface area contributed by atoms with Gasteiger partial charge in [0.2, 0.25) is 0 Å². The predicted molar refractivity (Wildman–Crippen MR) is 68.3 cm³/mol. The first-order valence-electron chi connectivity index (χ1n) is 6.09. The van der Waals surface area contributed by atoms with Gasteiger partial charge in [-0.2, -0.15) is 0 Å². The van der Waals surface area contributed by atoms with Crippen LogP contribution in [0.15, 0.2) is 18.2 Å². The molecule has 0 aliphatic heterocycles. The first-order chi connectivity index (χ1) is 8.19. The molecule has 0 spiro atoms. The van der Waals surface area contributed by atoms with Gasteiger partial charge < -0.3 is 10.5 Å². The largest absolute Gasteiger partial charge is 0.491 e. The SMILES string of the molecule is [C-]#[N+]c1ccc(OC2CCC(N)CC2)cc1C. The number of nitrogens with zero attached hydrogens (tertiary/aromatic N) is 1. The van der Waals surface area contributed by atoms with Crippen molar-refractivity contribution >= 4 is 5.69 Å². The van der Waals surface area contributed by atoms with Crippen molar-refractivity contribution in [2.45, 2.75) is 44.8 Å². The Kier molecular flexibility index (Phi) is 3.65. The normalized spacial score (nSPS) is 24.1. The van der Waals surface area contributed by atoms with Gasteiger partial charge in [0.05, 0.1) is 12.7 Å². The maximum atomic E-state index is 7.00. The van der Waals surface area contributed by atoms with E-state index in [1.165, 1.54) is 0 Å². The van der Waals surface area contributed by atoms with Gasteiger partial charge in [0, 0.05) is 6.04 Å². The summed E-state index contributed by atoms with van der Waals surface area (Å²) < 4.78 is 5.93. The minimum atomic E-state index is 0.285. The lowest BCUT2D eigenvalue weighted by atomic mass is 9.94. The van der Waals surface area contributed by atoms with E-state index in [0.29, 0.717) is 11.7 Å². The molecule has 0 saturated heterocycles. The molecule has 0 bridgehead atoms.